The van der Waals surface area contributed by atoms with Gasteiger partial charge in [-0.3, -0.25) is 4.79 Å². The maximum Gasteiger partial charge on any atom is 0.262 e. The summed E-state index contributed by atoms with van der Waals surface area (Å²) in [5.41, 5.74) is 0.303. The lowest BCUT2D eigenvalue weighted by Crippen LogP contribution is -2.35. The summed E-state index contributed by atoms with van der Waals surface area (Å²) >= 11 is 0. The molecule has 150 valence electrons. The van der Waals surface area contributed by atoms with Crippen molar-refractivity contribution in [3.8, 4) is 5.75 Å². The molecule has 2 aromatic carbocycles. The van der Waals surface area contributed by atoms with Gasteiger partial charge in [0, 0.05) is 24.8 Å². The summed E-state index contributed by atoms with van der Waals surface area (Å²) in [5.74, 6) is -2.63. The first-order chi connectivity index (χ1) is 13.4. The van der Waals surface area contributed by atoms with Crippen molar-refractivity contribution in [3.63, 3.8) is 0 Å². The Morgan fingerprint density at radius 1 is 1.04 bits per heavy atom. The minimum absolute atomic E-state index is 0.00970. The molecule has 1 fully saturated rings. The van der Waals surface area contributed by atoms with Crippen LogP contribution in [0, 0.1) is 11.6 Å². The third-order valence-electron chi connectivity index (χ3n) is 4.33. The summed E-state index contributed by atoms with van der Waals surface area (Å²) in [4.78, 5) is 12.1. The van der Waals surface area contributed by atoms with E-state index in [1.807, 2.05) is 0 Å². The van der Waals surface area contributed by atoms with Gasteiger partial charge in [0.05, 0.1) is 4.90 Å². The van der Waals surface area contributed by atoms with Crippen molar-refractivity contribution >= 4 is 21.6 Å². The van der Waals surface area contributed by atoms with E-state index in [0.717, 1.165) is 31.4 Å². The number of nitrogens with zero attached hydrogens (tertiary/aromatic N) is 1. The Balaban J connectivity index is 1.63. The minimum Gasteiger partial charge on any atom is -0.484 e. The molecular formula is C19H20F2N2O4S. The van der Waals surface area contributed by atoms with Gasteiger partial charge in [0.25, 0.3) is 5.91 Å². The van der Waals surface area contributed by atoms with Crippen molar-refractivity contribution in [1.29, 1.82) is 0 Å². The van der Waals surface area contributed by atoms with E-state index in [2.05, 4.69) is 5.32 Å². The van der Waals surface area contributed by atoms with E-state index in [1.54, 1.807) is 12.1 Å². The van der Waals surface area contributed by atoms with E-state index in [4.69, 9.17) is 4.74 Å². The number of anilines is 1. The van der Waals surface area contributed by atoms with Crippen molar-refractivity contribution in [2.24, 2.45) is 0 Å². The molecule has 1 N–H and O–H groups in total. The Morgan fingerprint density at radius 2 is 1.79 bits per heavy atom. The van der Waals surface area contributed by atoms with E-state index >= 15 is 0 Å². The maximum absolute atomic E-state index is 13.1. The highest BCUT2D eigenvalue weighted by Crippen LogP contribution is 2.23. The van der Waals surface area contributed by atoms with Crippen LogP contribution in [0.2, 0.25) is 0 Å². The van der Waals surface area contributed by atoms with Gasteiger partial charge >= 0.3 is 0 Å². The van der Waals surface area contributed by atoms with Gasteiger partial charge < -0.3 is 10.1 Å². The second-order valence-electron chi connectivity index (χ2n) is 6.41. The van der Waals surface area contributed by atoms with Crippen molar-refractivity contribution < 1.29 is 26.7 Å². The number of rotatable bonds is 6. The zero-order valence-corrected chi connectivity index (χ0v) is 15.8. The number of amides is 1. The number of nitrogens with one attached hydrogen (secondary N) is 1. The highest BCUT2D eigenvalue weighted by molar-refractivity contribution is 7.89. The number of halogens is 2. The van der Waals surface area contributed by atoms with Crippen molar-refractivity contribution in [2.75, 3.05) is 25.0 Å². The Kier molecular flexibility index (Phi) is 6.25. The largest absolute Gasteiger partial charge is 0.484 e. The van der Waals surface area contributed by atoms with E-state index in [1.165, 1.54) is 22.5 Å². The molecule has 1 aliphatic heterocycles. The predicted octanol–water partition coefficient (Wildman–Crippen LogP) is 3.16. The predicted molar refractivity (Wildman–Crippen MR) is 99.5 cm³/mol. The average Bonchev–Trinajstić information content (AvgIpc) is 2.70. The summed E-state index contributed by atoms with van der Waals surface area (Å²) in [7, 11) is -3.61. The molecule has 28 heavy (non-hydrogen) atoms. The lowest BCUT2D eigenvalue weighted by molar-refractivity contribution is -0.118. The van der Waals surface area contributed by atoms with Crippen LogP contribution in [-0.2, 0) is 14.8 Å². The summed E-state index contributed by atoms with van der Waals surface area (Å²) in [5, 5.41) is 2.54. The van der Waals surface area contributed by atoms with E-state index < -0.39 is 34.2 Å². The number of hydrogen-bond acceptors (Lipinski definition) is 4. The van der Waals surface area contributed by atoms with Crippen LogP contribution in [0.1, 0.15) is 19.3 Å². The van der Waals surface area contributed by atoms with Crippen LogP contribution in [0.5, 0.6) is 5.75 Å². The Morgan fingerprint density at radius 3 is 2.50 bits per heavy atom. The monoisotopic (exact) mass is 410 g/mol. The molecule has 0 unspecified atom stereocenters. The van der Waals surface area contributed by atoms with Crippen LogP contribution in [-0.4, -0.2) is 38.3 Å². The highest BCUT2D eigenvalue weighted by atomic mass is 32.2. The van der Waals surface area contributed by atoms with E-state index in [0.29, 0.717) is 18.8 Å². The standard InChI is InChI=1S/C19H20F2N2O4S/c20-17-8-7-15(12-18(17)21)27-13-19(24)22-14-5-4-6-16(11-14)28(25,26)23-9-2-1-3-10-23/h4-8,11-12H,1-3,9-10,13H2,(H,22,24). The average molecular weight is 410 g/mol. The molecular weight excluding hydrogens is 390 g/mol. The first kappa shape index (κ1) is 20.2. The molecule has 0 bridgehead atoms. The minimum atomic E-state index is -3.61. The molecule has 0 saturated carbocycles. The molecule has 1 saturated heterocycles. The SMILES string of the molecule is O=C(COc1ccc(F)c(F)c1)Nc1cccc(S(=O)(=O)N2CCCCC2)c1. The first-order valence-corrected chi connectivity index (χ1v) is 10.3. The second-order valence-corrected chi connectivity index (χ2v) is 8.34. The molecule has 0 spiro atoms. The molecule has 0 aliphatic carbocycles. The van der Waals surface area contributed by atoms with Gasteiger partial charge in [-0.15, -0.1) is 0 Å². The number of hydrogen-bond donors (Lipinski definition) is 1. The number of ether oxygens (including phenoxy) is 1. The van der Waals surface area contributed by atoms with Gasteiger partial charge in [-0.05, 0) is 43.2 Å². The van der Waals surface area contributed by atoms with Gasteiger partial charge in [0.2, 0.25) is 10.0 Å². The van der Waals surface area contributed by atoms with Crippen molar-refractivity contribution in [1.82, 2.24) is 4.31 Å². The Labute approximate surface area is 162 Å². The quantitative estimate of drug-likeness (QED) is 0.794. The third-order valence-corrected chi connectivity index (χ3v) is 6.23. The fourth-order valence-corrected chi connectivity index (χ4v) is 4.46. The molecule has 1 amide bonds. The van der Waals surface area contributed by atoms with Gasteiger partial charge in [0.15, 0.2) is 18.2 Å². The van der Waals surface area contributed by atoms with Crippen LogP contribution < -0.4 is 10.1 Å². The molecule has 1 heterocycles. The summed E-state index contributed by atoms with van der Waals surface area (Å²) in [6.07, 6.45) is 2.67. The summed E-state index contributed by atoms with van der Waals surface area (Å²) < 4.78 is 58.0. The van der Waals surface area contributed by atoms with Crippen LogP contribution >= 0.6 is 0 Å². The highest BCUT2D eigenvalue weighted by Gasteiger charge is 2.26. The maximum atomic E-state index is 13.1. The van der Waals surface area contributed by atoms with Crippen LogP contribution in [0.3, 0.4) is 0 Å². The Hall–Kier alpha value is -2.52. The van der Waals surface area contributed by atoms with Crippen LogP contribution in [0.15, 0.2) is 47.4 Å². The number of carbonyl (C=O) groups is 1. The topological polar surface area (TPSA) is 75.7 Å². The number of benzene rings is 2. The van der Waals surface area contributed by atoms with Crippen molar-refractivity contribution in [2.45, 2.75) is 24.2 Å². The number of carbonyl (C=O) groups excluding carboxylic acids is 1. The summed E-state index contributed by atoms with van der Waals surface area (Å²) in [6, 6.07) is 8.92. The molecule has 3 rings (SSSR count). The number of sulfonamides is 1. The van der Waals surface area contributed by atoms with Gasteiger partial charge in [-0.1, -0.05) is 12.5 Å². The van der Waals surface area contributed by atoms with Crippen LogP contribution in [0.25, 0.3) is 0 Å². The zero-order valence-electron chi connectivity index (χ0n) is 15.0. The molecule has 0 radical (unpaired) electrons. The Bertz CT molecular complexity index is 960. The lowest BCUT2D eigenvalue weighted by atomic mass is 10.2. The molecule has 9 heteroatoms. The van der Waals surface area contributed by atoms with Gasteiger partial charge in [0.1, 0.15) is 5.75 Å². The normalized spacial score (nSPS) is 15.2. The van der Waals surface area contributed by atoms with Gasteiger partial charge in [-0.2, -0.15) is 4.31 Å². The van der Waals surface area contributed by atoms with Gasteiger partial charge in [-0.25, -0.2) is 17.2 Å². The van der Waals surface area contributed by atoms with E-state index in [9.17, 15) is 22.0 Å². The van der Waals surface area contributed by atoms with Crippen molar-refractivity contribution in [3.05, 3.63) is 54.1 Å². The second kappa shape index (κ2) is 8.66. The zero-order chi connectivity index (χ0) is 20.1. The number of piperidine rings is 1. The molecule has 2 aromatic rings. The fourth-order valence-electron chi connectivity index (χ4n) is 2.90. The van der Waals surface area contributed by atoms with E-state index in [-0.39, 0.29) is 10.6 Å². The smallest absolute Gasteiger partial charge is 0.262 e. The van der Waals surface area contributed by atoms with Crippen LogP contribution in [0.4, 0.5) is 14.5 Å². The molecule has 6 nitrogen and oxygen atoms in total. The molecule has 0 aromatic heterocycles. The summed E-state index contributed by atoms with van der Waals surface area (Å²) in [6.45, 7) is 0.538. The molecule has 0 atom stereocenters. The third kappa shape index (κ3) is 4.85. The fraction of sp³-hybridized carbons (Fsp3) is 0.316. The molecule has 1 aliphatic rings. The first-order valence-electron chi connectivity index (χ1n) is 8.84. The lowest BCUT2D eigenvalue weighted by Gasteiger charge is -2.26.